The Labute approximate surface area is 298 Å². The third kappa shape index (κ3) is 25.5. The van der Waals surface area contributed by atoms with Gasteiger partial charge in [-0.2, -0.15) is 0 Å². The molecule has 1 amide bonds. The molecule has 0 aromatic carbocycles. The van der Waals surface area contributed by atoms with Crippen LogP contribution in [0.2, 0.25) is 0 Å². The lowest BCUT2D eigenvalue weighted by atomic mass is 10.1. The van der Waals surface area contributed by atoms with Crippen molar-refractivity contribution in [2.45, 2.75) is 18.9 Å². The molecule has 1 rings (SSSR count). The maximum absolute atomic E-state index is 12.5. The second kappa shape index (κ2) is 29.5. The number of nitrogens with zero attached hydrogens (tertiary/aromatic N) is 4. The smallest absolute Gasteiger partial charge is 0.320 e. The molecule has 0 bridgehead atoms. The van der Waals surface area contributed by atoms with Crippen molar-refractivity contribution in [2.75, 3.05) is 151 Å². The molecule has 20 nitrogen and oxygen atoms in total. The van der Waals surface area contributed by atoms with Crippen LogP contribution in [0.3, 0.4) is 0 Å². The Morgan fingerprint density at radius 3 is 1.25 bits per heavy atom. The molecule has 51 heavy (non-hydrogen) atoms. The summed E-state index contributed by atoms with van der Waals surface area (Å²) in [4.78, 5) is 65.8. The van der Waals surface area contributed by atoms with Crippen molar-refractivity contribution in [3.05, 3.63) is 0 Å². The minimum absolute atomic E-state index is 0.0302. The molecule has 20 heteroatoms. The van der Waals surface area contributed by atoms with E-state index in [4.69, 9.17) is 29.4 Å². The average Bonchev–Trinajstić information content (AvgIpc) is 3.06. The third-order valence-electron chi connectivity index (χ3n) is 7.64. The lowest BCUT2D eigenvalue weighted by Crippen LogP contribution is -2.52. The van der Waals surface area contributed by atoms with Crippen LogP contribution in [-0.4, -0.2) is 227 Å². The van der Waals surface area contributed by atoms with Gasteiger partial charge >= 0.3 is 23.9 Å². The normalized spacial score (nSPS) is 16.6. The van der Waals surface area contributed by atoms with E-state index in [0.717, 1.165) is 0 Å². The summed E-state index contributed by atoms with van der Waals surface area (Å²) >= 11 is 0. The third-order valence-corrected chi connectivity index (χ3v) is 7.64. The summed E-state index contributed by atoms with van der Waals surface area (Å²) in [5, 5.41) is 40.9. The van der Waals surface area contributed by atoms with Gasteiger partial charge in [-0.1, -0.05) is 0 Å². The Hall–Kier alpha value is -3.05. The van der Waals surface area contributed by atoms with Gasteiger partial charge in [-0.15, -0.1) is 0 Å². The average molecular weight is 739 g/mol. The largest absolute Gasteiger partial charge is 0.480 e. The number of carbonyl (C=O) groups is 5. The van der Waals surface area contributed by atoms with E-state index in [1.165, 1.54) is 0 Å². The zero-order valence-corrected chi connectivity index (χ0v) is 29.5. The first-order valence-electron chi connectivity index (χ1n) is 17.2. The van der Waals surface area contributed by atoms with Gasteiger partial charge in [0.15, 0.2) is 0 Å². The zero-order chi connectivity index (χ0) is 37.7. The lowest BCUT2D eigenvalue weighted by molar-refractivity contribution is -0.145. The maximum Gasteiger partial charge on any atom is 0.320 e. The van der Waals surface area contributed by atoms with E-state index in [2.05, 4.69) is 5.32 Å². The number of carbonyl (C=O) groups excluding carboxylic acids is 1. The number of amides is 1. The van der Waals surface area contributed by atoms with Gasteiger partial charge in [-0.05, 0) is 6.42 Å². The van der Waals surface area contributed by atoms with Crippen LogP contribution in [-0.2, 0) is 47.7 Å². The van der Waals surface area contributed by atoms with Crippen LogP contribution in [0.25, 0.3) is 0 Å². The van der Waals surface area contributed by atoms with Gasteiger partial charge in [-0.3, -0.25) is 43.6 Å². The molecule has 1 heterocycles. The SMILES string of the molecule is NCCOCCOCCOCCOCCOCCNC(=O)CCC(C(=O)O)N1CCN(CC(=O)O)CCN(CC(=O)O)CCN(CC(=O)O)CC1. The van der Waals surface area contributed by atoms with E-state index in [1.54, 1.807) is 19.6 Å². The number of carboxylic acid groups (broad SMARTS) is 4. The highest BCUT2D eigenvalue weighted by Crippen LogP contribution is 2.11. The Balaban J connectivity index is 2.49. The fourth-order valence-electron chi connectivity index (χ4n) is 5.06. The van der Waals surface area contributed by atoms with Crippen molar-refractivity contribution in [3.63, 3.8) is 0 Å². The fourth-order valence-corrected chi connectivity index (χ4v) is 5.06. The van der Waals surface area contributed by atoms with E-state index in [-0.39, 0.29) is 104 Å². The Kier molecular flexibility index (Phi) is 26.6. The molecular weight excluding hydrogens is 680 g/mol. The highest BCUT2D eigenvalue weighted by Gasteiger charge is 2.28. The molecule has 0 aromatic rings. The summed E-state index contributed by atoms with van der Waals surface area (Å²) in [6.07, 6.45) is -0.122. The minimum Gasteiger partial charge on any atom is -0.480 e. The first-order chi connectivity index (χ1) is 24.5. The van der Waals surface area contributed by atoms with Crippen LogP contribution in [0.1, 0.15) is 12.8 Å². The molecule has 7 N–H and O–H groups in total. The number of nitrogens with two attached hydrogens (primary N) is 1. The van der Waals surface area contributed by atoms with Crippen molar-refractivity contribution >= 4 is 29.8 Å². The van der Waals surface area contributed by atoms with Gasteiger partial charge in [0.25, 0.3) is 0 Å². The molecule has 296 valence electrons. The topological polar surface area (TPSA) is 263 Å². The molecule has 0 radical (unpaired) electrons. The Morgan fingerprint density at radius 2 is 0.902 bits per heavy atom. The first kappa shape index (κ1) is 46.0. The van der Waals surface area contributed by atoms with Crippen LogP contribution in [0, 0.1) is 0 Å². The van der Waals surface area contributed by atoms with Gasteiger partial charge in [0, 0.05) is 71.9 Å². The molecule has 1 atom stereocenters. The Morgan fingerprint density at radius 1 is 0.549 bits per heavy atom. The molecular formula is C31H58N6O14. The second-order valence-corrected chi connectivity index (χ2v) is 11.6. The molecule has 0 spiro atoms. The van der Waals surface area contributed by atoms with Crippen molar-refractivity contribution < 1.29 is 68.1 Å². The van der Waals surface area contributed by atoms with E-state index in [1.807, 2.05) is 0 Å². The number of aliphatic carboxylic acids is 4. The zero-order valence-electron chi connectivity index (χ0n) is 29.5. The summed E-state index contributed by atoms with van der Waals surface area (Å²) < 4.78 is 26.8. The summed E-state index contributed by atoms with van der Waals surface area (Å²) in [6, 6.07) is -1.09. The number of hydrogen-bond donors (Lipinski definition) is 6. The fraction of sp³-hybridized carbons (Fsp3) is 0.839. The molecule has 1 aliphatic heterocycles. The molecule has 0 saturated carbocycles. The quantitative estimate of drug-likeness (QED) is 0.0433. The lowest BCUT2D eigenvalue weighted by Gasteiger charge is -2.35. The monoisotopic (exact) mass is 738 g/mol. The molecule has 1 fully saturated rings. The van der Waals surface area contributed by atoms with Gasteiger partial charge < -0.3 is 55.2 Å². The number of ether oxygens (including phenoxy) is 5. The highest BCUT2D eigenvalue weighted by atomic mass is 16.6. The minimum atomic E-state index is -1.16. The summed E-state index contributed by atoms with van der Waals surface area (Å²) in [5.74, 6) is -4.76. The summed E-state index contributed by atoms with van der Waals surface area (Å²) in [7, 11) is 0. The van der Waals surface area contributed by atoms with Gasteiger partial charge in [-0.25, -0.2) is 0 Å². The van der Waals surface area contributed by atoms with Gasteiger partial charge in [0.05, 0.1) is 85.7 Å². The maximum atomic E-state index is 12.5. The first-order valence-corrected chi connectivity index (χ1v) is 17.2. The van der Waals surface area contributed by atoms with Crippen molar-refractivity contribution in [3.8, 4) is 0 Å². The number of nitrogens with one attached hydrogen (secondary N) is 1. The van der Waals surface area contributed by atoms with E-state index >= 15 is 0 Å². The van der Waals surface area contributed by atoms with Crippen molar-refractivity contribution in [2.24, 2.45) is 5.73 Å². The summed E-state index contributed by atoms with van der Waals surface area (Å²) in [6.45, 7) is 5.25. The molecule has 1 unspecified atom stereocenters. The molecule has 0 aliphatic carbocycles. The Bertz CT molecular complexity index is 965. The van der Waals surface area contributed by atoms with Gasteiger partial charge in [0.2, 0.25) is 5.91 Å². The summed E-state index contributed by atoms with van der Waals surface area (Å²) in [5.41, 5.74) is 5.33. The number of carboxylic acids is 4. The molecule has 1 saturated heterocycles. The molecule has 0 aromatic heterocycles. The second-order valence-electron chi connectivity index (χ2n) is 11.6. The predicted molar refractivity (Wildman–Crippen MR) is 181 cm³/mol. The highest BCUT2D eigenvalue weighted by molar-refractivity contribution is 5.78. The van der Waals surface area contributed by atoms with Crippen molar-refractivity contribution in [1.29, 1.82) is 0 Å². The number of rotatable bonds is 28. The van der Waals surface area contributed by atoms with Gasteiger partial charge in [0.1, 0.15) is 6.04 Å². The number of hydrogen-bond acceptors (Lipinski definition) is 15. The van der Waals surface area contributed by atoms with Crippen LogP contribution in [0.4, 0.5) is 0 Å². The van der Waals surface area contributed by atoms with Crippen LogP contribution >= 0.6 is 0 Å². The van der Waals surface area contributed by atoms with Crippen LogP contribution in [0.15, 0.2) is 0 Å². The molecule has 1 aliphatic rings. The predicted octanol–water partition coefficient (Wildman–Crippen LogP) is -3.15. The standard InChI is InChI=1S/C31H58N6O14/c32-3-13-47-15-17-49-19-21-51-22-20-50-18-16-48-14-4-33-27(38)2-1-26(31(45)46)37-11-9-35(24-29(41)42)7-5-34(23-28(39)40)6-8-36(10-12-37)25-30(43)44/h26H,1-25,32H2,(H,33,38)(H,39,40)(H,41,42)(H,43,44)(H,45,46). The van der Waals surface area contributed by atoms with E-state index in [0.29, 0.717) is 66.0 Å². The van der Waals surface area contributed by atoms with E-state index < -0.39 is 29.9 Å². The van der Waals surface area contributed by atoms with Crippen LogP contribution < -0.4 is 11.1 Å². The van der Waals surface area contributed by atoms with E-state index in [9.17, 15) is 44.4 Å². The van der Waals surface area contributed by atoms with Crippen LogP contribution in [0.5, 0.6) is 0 Å². The van der Waals surface area contributed by atoms with Crippen molar-refractivity contribution in [1.82, 2.24) is 24.9 Å².